The Balaban J connectivity index is 2.34. The van der Waals surface area contributed by atoms with Gasteiger partial charge in [-0.1, -0.05) is 19.6 Å². The van der Waals surface area contributed by atoms with Crippen molar-refractivity contribution in [3.05, 3.63) is 0 Å². The second-order valence-electron chi connectivity index (χ2n) is 6.29. The lowest BCUT2D eigenvalue weighted by molar-refractivity contribution is 0.117. The van der Waals surface area contributed by atoms with E-state index in [1.54, 1.807) is 0 Å². The van der Waals surface area contributed by atoms with Gasteiger partial charge in [-0.25, -0.2) is 9.59 Å². The molecule has 3 N–H and O–H groups in total. The van der Waals surface area contributed by atoms with Gasteiger partial charge in [0.1, 0.15) is 0 Å². The van der Waals surface area contributed by atoms with Crippen LogP contribution in [0.4, 0.5) is 9.59 Å². The molecule has 7 nitrogen and oxygen atoms in total. The monoisotopic (exact) mass is 304 g/mol. The second-order valence-corrected chi connectivity index (χ2v) is 11.9. The molecule has 1 heterocycles. The molecule has 1 rings (SSSR count). The number of hydrogen-bond donors (Lipinski definition) is 3. The molecule has 1 fully saturated rings. The standard InChI is InChI=1S/C12H24N2O5Si/c1-20(2,3)5-4-19-11(16)13-9-6-10(8-15)14(7-9)12(17)18/h9-10,15H,4-8H2,1-3H3,(H,13,16)(H,17,18). The first kappa shape index (κ1) is 16.8. The molecule has 0 spiro atoms. The summed E-state index contributed by atoms with van der Waals surface area (Å²) in [4.78, 5) is 23.7. The number of aliphatic hydroxyl groups is 1. The summed E-state index contributed by atoms with van der Waals surface area (Å²) in [5, 5.41) is 20.7. The molecule has 0 aromatic heterocycles. The number of carboxylic acid groups (broad SMARTS) is 1. The molecule has 1 saturated heterocycles. The van der Waals surface area contributed by atoms with Gasteiger partial charge in [0, 0.05) is 14.6 Å². The highest BCUT2D eigenvalue weighted by atomic mass is 28.3. The fourth-order valence-electron chi connectivity index (χ4n) is 2.09. The van der Waals surface area contributed by atoms with E-state index < -0.39 is 26.3 Å². The van der Waals surface area contributed by atoms with Crippen LogP contribution in [0, 0.1) is 0 Å². The van der Waals surface area contributed by atoms with Gasteiger partial charge in [-0.3, -0.25) is 0 Å². The third-order valence-corrected chi connectivity index (χ3v) is 4.98. The van der Waals surface area contributed by atoms with Crippen molar-refractivity contribution in [1.29, 1.82) is 0 Å². The number of aliphatic hydroxyl groups excluding tert-OH is 1. The van der Waals surface area contributed by atoms with E-state index in [0.29, 0.717) is 13.0 Å². The van der Waals surface area contributed by atoms with Crippen molar-refractivity contribution in [3.63, 3.8) is 0 Å². The number of carbonyl (C=O) groups excluding carboxylic acids is 1. The van der Waals surface area contributed by atoms with Crippen molar-refractivity contribution in [3.8, 4) is 0 Å². The highest BCUT2D eigenvalue weighted by Crippen LogP contribution is 2.17. The zero-order chi connectivity index (χ0) is 15.3. The van der Waals surface area contributed by atoms with Crippen LogP contribution >= 0.6 is 0 Å². The fourth-order valence-corrected chi connectivity index (χ4v) is 2.80. The quantitative estimate of drug-likeness (QED) is 0.662. The predicted molar refractivity (Wildman–Crippen MR) is 76.6 cm³/mol. The van der Waals surface area contributed by atoms with Gasteiger partial charge in [0.05, 0.1) is 25.3 Å². The van der Waals surface area contributed by atoms with Gasteiger partial charge in [-0.05, 0) is 12.5 Å². The molecule has 1 aliphatic heterocycles. The van der Waals surface area contributed by atoms with Crippen molar-refractivity contribution in [1.82, 2.24) is 10.2 Å². The normalized spacial score (nSPS) is 22.7. The van der Waals surface area contributed by atoms with Crippen LogP contribution in [-0.2, 0) is 4.74 Å². The molecule has 116 valence electrons. The van der Waals surface area contributed by atoms with Crippen molar-refractivity contribution in [2.75, 3.05) is 19.8 Å². The van der Waals surface area contributed by atoms with Crippen LogP contribution < -0.4 is 5.32 Å². The number of likely N-dealkylation sites (tertiary alicyclic amines) is 1. The van der Waals surface area contributed by atoms with Gasteiger partial charge in [0.15, 0.2) is 0 Å². The van der Waals surface area contributed by atoms with Crippen LogP contribution in [0.3, 0.4) is 0 Å². The SMILES string of the molecule is C[Si](C)(C)CCOC(=O)NC1CC(CO)N(C(=O)O)C1. The molecule has 2 atom stereocenters. The maximum Gasteiger partial charge on any atom is 0.407 e. The lowest BCUT2D eigenvalue weighted by Crippen LogP contribution is -2.39. The Morgan fingerprint density at radius 1 is 1.40 bits per heavy atom. The van der Waals surface area contributed by atoms with Crippen molar-refractivity contribution in [2.45, 2.75) is 44.2 Å². The number of carbonyl (C=O) groups is 2. The molecule has 8 heteroatoms. The number of nitrogens with zero attached hydrogens (tertiary/aromatic N) is 1. The average Bonchev–Trinajstić information content (AvgIpc) is 2.70. The highest BCUT2D eigenvalue weighted by molar-refractivity contribution is 6.76. The number of alkyl carbamates (subject to hydrolysis) is 1. The molecule has 2 unspecified atom stereocenters. The Morgan fingerprint density at radius 3 is 2.50 bits per heavy atom. The van der Waals surface area contributed by atoms with Crippen molar-refractivity contribution >= 4 is 20.3 Å². The van der Waals surface area contributed by atoms with E-state index in [9.17, 15) is 9.59 Å². The Kier molecular flexibility index (Phi) is 5.82. The molecule has 20 heavy (non-hydrogen) atoms. The van der Waals surface area contributed by atoms with E-state index in [0.717, 1.165) is 10.9 Å². The van der Waals surface area contributed by atoms with Crippen LogP contribution in [-0.4, -0.2) is 67.2 Å². The van der Waals surface area contributed by atoms with Gasteiger partial charge in [0.25, 0.3) is 0 Å². The topological polar surface area (TPSA) is 99.1 Å². The van der Waals surface area contributed by atoms with Gasteiger partial charge in [-0.15, -0.1) is 0 Å². The molecule has 2 amide bonds. The third-order valence-electron chi connectivity index (χ3n) is 3.28. The first-order chi connectivity index (χ1) is 9.23. The minimum atomic E-state index is -1.23. The minimum Gasteiger partial charge on any atom is -0.465 e. The zero-order valence-electron chi connectivity index (χ0n) is 12.3. The maximum atomic E-state index is 11.6. The van der Waals surface area contributed by atoms with Crippen LogP contribution in [0.15, 0.2) is 0 Å². The van der Waals surface area contributed by atoms with Crippen LogP contribution in [0.25, 0.3) is 0 Å². The van der Waals surface area contributed by atoms with E-state index in [1.807, 2.05) is 0 Å². The molecular formula is C12H24N2O5Si. The summed E-state index contributed by atoms with van der Waals surface area (Å²) in [5.74, 6) is 0. The predicted octanol–water partition coefficient (Wildman–Crippen LogP) is 1.16. The van der Waals surface area contributed by atoms with Crippen molar-refractivity contribution < 1.29 is 24.5 Å². The lowest BCUT2D eigenvalue weighted by atomic mass is 10.2. The Morgan fingerprint density at radius 2 is 2.05 bits per heavy atom. The Labute approximate surface area is 119 Å². The number of rotatable bonds is 5. The zero-order valence-corrected chi connectivity index (χ0v) is 13.3. The molecule has 0 aromatic carbocycles. The molecule has 0 saturated carbocycles. The number of hydrogen-bond acceptors (Lipinski definition) is 4. The molecule has 0 bridgehead atoms. The molecule has 1 aliphatic rings. The summed E-state index contributed by atoms with van der Waals surface area (Å²) in [6, 6.07) is 0.133. The van der Waals surface area contributed by atoms with Crippen LogP contribution in [0.1, 0.15) is 6.42 Å². The van der Waals surface area contributed by atoms with E-state index in [1.165, 1.54) is 0 Å². The second kappa shape index (κ2) is 6.94. The average molecular weight is 304 g/mol. The lowest BCUT2D eigenvalue weighted by Gasteiger charge is -2.18. The van der Waals surface area contributed by atoms with E-state index in [4.69, 9.17) is 14.9 Å². The molecule has 0 radical (unpaired) electrons. The third kappa shape index (κ3) is 5.38. The van der Waals surface area contributed by atoms with Gasteiger partial charge in [0.2, 0.25) is 0 Å². The van der Waals surface area contributed by atoms with E-state index >= 15 is 0 Å². The van der Waals surface area contributed by atoms with E-state index in [2.05, 4.69) is 25.0 Å². The number of nitrogens with one attached hydrogen (secondary N) is 1. The van der Waals surface area contributed by atoms with Crippen molar-refractivity contribution in [2.24, 2.45) is 0 Å². The summed E-state index contributed by atoms with van der Waals surface area (Å²) in [7, 11) is -1.23. The fraction of sp³-hybridized carbons (Fsp3) is 0.833. The first-order valence-corrected chi connectivity index (χ1v) is 10.5. The summed E-state index contributed by atoms with van der Waals surface area (Å²) < 4.78 is 5.10. The largest absolute Gasteiger partial charge is 0.465 e. The summed E-state index contributed by atoms with van der Waals surface area (Å²) in [5.41, 5.74) is 0. The van der Waals surface area contributed by atoms with Gasteiger partial charge >= 0.3 is 12.2 Å². The maximum absolute atomic E-state index is 11.6. The molecular weight excluding hydrogens is 280 g/mol. The Bertz CT molecular complexity index is 358. The number of amides is 2. The van der Waals surface area contributed by atoms with Crippen LogP contribution in [0.2, 0.25) is 25.7 Å². The minimum absolute atomic E-state index is 0.184. The first-order valence-electron chi connectivity index (χ1n) is 6.76. The summed E-state index contributed by atoms with van der Waals surface area (Å²) in [6.45, 7) is 6.92. The van der Waals surface area contributed by atoms with E-state index in [-0.39, 0.29) is 19.2 Å². The van der Waals surface area contributed by atoms with Gasteiger partial charge in [-0.2, -0.15) is 0 Å². The summed E-state index contributed by atoms with van der Waals surface area (Å²) >= 11 is 0. The molecule has 0 aromatic rings. The summed E-state index contributed by atoms with van der Waals surface area (Å²) in [6.07, 6.45) is -1.19. The highest BCUT2D eigenvalue weighted by Gasteiger charge is 2.35. The molecule has 0 aliphatic carbocycles. The smallest absolute Gasteiger partial charge is 0.407 e. The number of ether oxygens (including phenoxy) is 1. The Hall–Kier alpha value is -1.28. The van der Waals surface area contributed by atoms with Gasteiger partial charge < -0.3 is 25.2 Å². The van der Waals surface area contributed by atoms with Crippen LogP contribution in [0.5, 0.6) is 0 Å².